The molecule has 0 saturated carbocycles. The number of aromatic nitrogens is 2. The number of nitrogens with one attached hydrogen (secondary N) is 1. The van der Waals surface area contributed by atoms with Crippen molar-refractivity contribution in [1.82, 2.24) is 15.0 Å². The van der Waals surface area contributed by atoms with E-state index in [4.69, 9.17) is 0 Å². The zero-order chi connectivity index (χ0) is 17.8. The van der Waals surface area contributed by atoms with Gasteiger partial charge in [0, 0.05) is 29.5 Å². The third-order valence-electron chi connectivity index (χ3n) is 4.06. The Morgan fingerprint density at radius 1 is 1.00 bits per heavy atom. The fraction of sp³-hybridized carbons (Fsp3) is 0.150. The van der Waals surface area contributed by atoms with Crippen molar-refractivity contribution in [3.63, 3.8) is 0 Å². The van der Waals surface area contributed by atoms with Crippen LogP contribution in [0.5, 0.6) is 0 Å². The molecule has 0 unspecified atom stereocenters. The highest BCUT2D eigenvalue weighted by atomic mass is 16.2. The molecule has 0 aliphatic carbocycles. The maximum atomic E-state index is 12.0. The van der Waals surface area contributed by atoms with Gasteiger partial charge in [0.05, 0.1) is 11.3 Å². The van der Waals surface area contributed by atoms with Gasteiger partial charge in [-0.1, -0.05) is 12.1 Å². The van der Waals surface area contributed by atoms with Crippen LogP contribution in [0.1, 0.15) is 34.2 Å². The molecule has 1 aromatic carbocycles. The second-order valence-electron chi connectivity index (χ2n) is 5.88. The molecular weight excluding hydrogens is 312 g/mol. The summed E-state index contributed by atoms with van der Waals surface area (Å²) in [4.78, 5) is 15.9. The molecule has 0 bridgehead atoms. The smallest absolute Gasteiger partial charge is 0.272 e. The van der Waals surface area contributed by atoms with Gasteiger partial charge in [0.15, 0.2) is 0 Å². The Balaban J connectivity index is 1.74. The summed E-state index contributed by atoms with van der Waals surface area (Å²) in [6, 6.07) is 15.7. The van der Waals surface area contributed by atoms with Crippen LogP contribution < -0.4 is 5.43 Å². The first kappa shape index (κ1) is 16.6. The summed E-state index contributed by atoms with van der Waals surface area (Å²) in [5, 5.41) is 4.18. The average molecular weight is 332 g/mol. The molecule has 0 aliphatic rings. The summed E-state index contributed by atoms with van der Waals surface area (Å²) < 4.78 is 2.19. The fourth-order valence-corrected chi connectivity index (χ4v) is 2.69. The van der Waals surface area contributed by atoms with Gasteiger partial charge in [-0.25, -0.2) is 5.43 Å². The molecule has 0 aliphatic heterocycles. The van der Waals surface area contributed by atoms with Gasteiger partial charge in [0.25, 0.3) is 5.91 Å². The fourth-order valence-electron chi connectivity index (χ4n) is 2.69. The van der Waals surface area contributed by atoms with Gasteiger partial charge in [-0.2, -0.15) is 5.10 Å². The largest absolute Gasteiger partial charge is 0.319 e. The third kappa shape index (κ3) is 3.66. The van der Waals surface area contributed by atoms with Gasteiger partial charge in [-0.05, 0) is 62.7 Å². The second kappa shape index (κ2) is 7.13. The molecule has 1 N–H and O–H groups in total. The number of hydrogen-bond acceptors (Lipinski definition) is 3. The normalized spacial score (nSPS) is 11.4. The van der Waals surface area contributed by atoms with Crippen LogP contribution in [0.2, 0.25) is 0 Å². The molecule has 0 fully saturated rings. The van der Waals surface area contributed by atoms with Crippen molar-refractivity contribution in [2.24, 2.45) is 5.10 Å². The molecule has 5 heteroatoms. The summed E-state index contributed by atoms with van der Waals surface area (Å²) in [6.45, 7) is 6.04. The molecule has 2 heterocycles. The van der Waals surface area contributed by atoms with Crippen LogP contribution in [0.3, 0.4) is 0 Å². The number of carbonyl (C=O) groups is 1. The van der Waals surface area contributed by atoms with Gasteiger partial charge in [0.1, 0.15) is 0 Å². The standard InChI is InChI=1S/C20H20N4O/c1-14-6-7-15(2)24(14)19-10-8-17(9-11-19)16(3)22-23-20(25)18-5-4-12-21-13-18/h4-13H,1-3H3,(H,23,25)/b22-16+. The molecule has 1 amide bonds. The first-order valence-corrected chi connectivity index (χ1v) is 8.06. The number of amides is 1. The van der Waals surface area contributed by atoms with E-state index in [0.717, 1.165) is 17.0 Å². The van der Waals surface area contributed by atoms with E-state index in [0.29, 0.717) is 5.56 Å². The molecule has 0 atom stereocenters. The minimum absolute atomic E-state index is 0.275. The molecule has 2 aromatic heterocycles. The van der Waals surface area contributed by atoms with E-state index in [9.17, 15) is 4.79 Å². The van der Waals surface area contributed by atoms with Crippen molar-refractivity contribution in [3.8, 4) is 5.69 Å². The predicted octanol–water partition coefficient (Wildman–Crippen LogP) is 3.64. The Morgan fingerprint density at radius 3 is 2.28 bits per heavy atom. The summed E-state index contributed by atoms with van der Waals surface area (Å²) in [6.07, 6.45) is 3.14. The van der Waals surface area contributed by atoms with E-state index < -0.39 is 0 Å². The maximum Gasteiger partial charge on any atom is 0.272 e. The lowest BCUT2D eigenvalue weighted by atomic mass is 10.1. The number of rotatable bonds is 4. The number of benzene rings is 1. The van der Waals surface area contributed by atoms with Gasteiger partial charge in [-0.3, -0.25) is 9.78 Å². The third-order valence-corrected chi connectivity index (χ3v) is 4.06. The van der Waals surface area contributed by atoms with Crippen molar-refractivity contribution in [2.45, 2.75) is 20.8 Å². The molecule has 126 valence electrons. The minimum Gasteiger partial charge on any atom is -0.319 e. The minimum atomic E-state index is -0.275. The zero-order valence-electron chi connectivity index (χ0n) is 14.5. The summed E-state index contributed by atoms with van der Waals surface area (Å²) in [5.41, 5.74) is 8.23. The Kier molecular flexibility index (Phi) is 4.75. The average Bonchev–Trinajstić information content (AvgIpc) is 2.98. The van der Waals surface area contributed by atoms with Crippen LogP contribution in [0.4, 0.5) is 0 Å². The van der Waals surface area contributed by atoms with E-state index in [1.165, 1.54) is 17.6 Å². The van der Waals surface area contributed by atoms with Crippen LogP contribution in [0.25, 0.3) is 5.69 Å². The van der Waals surface area contributed by atoms with Crippen molar-refractivity contribution in [2.75, 3.05) is 0 Å². The number of nitrogens with zero attached hydrogens (tertiary/aromatic N) is 3. The van der Waals surface area contributed by atoms with Gasteiger partial charge >= 0.3 is 0 Å². The molecule has 3 aromatic rings. The summed E-state index contributed by atoms with van der Waals surface area (Å²) >= 11 is 0. The number of hydrogen-bond donors (Lipinski definition) is 1. The Hall–Kier alpha value is -3.21. The van der Waals surface area contributed by atoms with Gasteiger partial charge in [0.2, 0.25) is 0 Å². The zero-order valence-corrected chi connectivity index (χ0v) is 14.5. The van der Waals surface area contributed by atoms with Crippen molar-refractivity contribution < 1.29 is 4.79 Å². The van der Waals surface area contributed by atoms with E-state index in [1.807, 2.05) is 19.1 Å². The Labute approximate surface area is 147 Å². The van der Waals surface area contributed by atoms with Crippen molar-refractivity contribution >= 4 is 11.6 Å². The molecule has 0 saturated heterocycles. The first-order chi connectivity index (χ1) is 12.1. The summed E-state index contributed by atoms with van der Waals surface area (Å²) in [5.74, 6) is -0.275. The molecule has 25 heavy (non-hydrogen) atoms. The number of pyridine rings is 1. The number of carbonyl (C=O) groups excluding carboxylic acids is 1. The highest BCUT2D eigenvalue weighted by molar-refractivity contribution is 6.00. The molecule has 5 nitrogen and oxygen atoms in total. The predicted molar refractivity (Wildman–Crippen MR) is 99.2 cm³/mol. The second-order valence-corrected chi connectivity index (χ2v) is 5.88. The Bertz CT molecular complexity index is 889. The van der Waals surface area contributed by atoms with Crippen molar-refractivity contribution in [3.05, 3.63) is 83.4 Å². The Morgan fingerprint density at radius 2 is 1.68 bits per heavy atom. The highest BCUT2D eigenvalue weighted by Gasteiger charge is 2.06. The van der Waals surface area contributed by atoms with Crippen molar-refractivity contribution in [1.29, 1.82) is 0 Å². The van der Waals surface area contributed by atoms with E-state index in [2.05, 4.69) is 58.2 Å². The van der Waals surface area contributed by atoms with Gasteiger partial charge < -0.3 is 4.57 Å². The lowest BCUT2D eigenvalue weighted by molar-refractivity contribution is 0.0954. The van der Waals surface area contributed by atoms with E-state index in [-0.39, 0.29) is 5.91 Å². The molecule has 0 radical (unpaired) electrons. The topological polar surface area (TPSA) is 59.3 Å². The lowest BCUT2D eigenvalue weighted by Gasteiger charge is -2.10. The highest BCUT2D eigenvalue weighted by Crippen LogP contribution is 2.17. The summed E-state index contributed by atoms with van der Waals surface area (Å²) in [7, 11) is 0. The first-order valence-electron chi connectivity index (χ1n) is 8.06. The van der Waals surface area contributed by atoms with Crippen LogP contribution in [-0.4, -0.2) is 21.2 Å². The van der Waals surface area contributed by atoms with Gasteiger partial charge in [-0.15, -0.1) is 0 Å². The maximum absolute atomic E-state index is 12.0. The molecule has 3 rings (SSSR count). The van der Waals surface area contributed by atoms with E-state index >= 15 is 0 Å². The van der Waals surface area contributed by atoms with Crippen LogP contribution in [0.15, 0.2) is 66.0 Å². The van der Waals surface area contributed by atoms with Crippen LogP contribution in [0, 0.1) is 13.8 Å². The molecule has 0 spiro atoms. The quantitative estimate of drug-likeness (QED) is 0.586. The lowest BCUT2D eigenvalue weighted by Crippen LogP contribution is -2.19. The number of aryl methyl sites for hydroxylation is 2. The van der Waals surface area contributed by atoms with Crippen LogP contribution >= 0.6 is 0 Å². The monoisotopic (exact) mass is 332 g/mol. The van der Waals surface area contributed by atoms with E-state index in [1.54, 1.807) is 18.3 Å². The number of hydrazone groups is 1. The SMILES string of the molecule is C/C(=N\NC(=O)c1cccnc1)c1ccc(-n2c(C)ccc2C)cc1. The van der Waals surface area contributed by atoms with Crippen LogP contribution in [-0.2, 0) is 0 Å². The molecular formula is C20H20N4O.